The second-order valence-corrected chi connectivity index (χ2v) is 10.4. The van der Waals surface area contributed by atoms with Gasteiger partial charge in [0.1, 0.15) is 5.75 Å². The number of methoxy groups -OCH3 is 1. The summed E-state index contributed by atoms with van der Waals surface area (Å²) >= 11 is 1.38. The molecule has 4 rings (SSSR count). The van der Waals surface area contributed by atoms with Crippen LogP contribution in [-0.2, 0) is 14.4 Å². The molecule has 0 radical (unpaired) electrons. The molecule has 2 amide bonds. The molecule has 2 aromatic rings. The Morgan fingerprint density at radius 1 is 1.15 bits per heavy atom. The van der Waals surface area contributed by atoms with E-state index in [2.05, 4.69) is 12.2 Å². The molecule has 0 fully saturated rings. The largest absolute Gasteiger partial charge is 0.496 e. The minimum absolute atomic E-state index is 0.0710. The van der Waals surface area contributed by atoms with Crippen molar-refractivity contribution in [3.63, 3.8) is 0 Å². The van der Waals surface area contributed by atoms with Crippen LogP contribution in [0.15, 0.2) is 41.5 Å². The Bertz CT molecular complexity index is 1360. The average molecular weight is 570 g/mol. The summed E-state index contributed by atoms with van der Waals surface area (Å²) in [5.41, 5.74) is 0.510. The minimum Gasteiger partial charge on any atom is -0.496 e. The van der Waals surface area contributed by atoms with Gasteiger partial charge in [-0.2, -0.15) is 0 Å². The Labute approximate surface area is 235 Å². The molecule has 2 aliphatic rings. The molecule has 212 valence electrons. The number of unbranched alkanes of at least 4 members (excludes halogenated alkanes) is 3. The number of para-hydroxylation sites is 1. The number of nitro benzene ring substituents is 1. The van der Waals surface area contributed by atoms with E-state index in [0.717, 1.165) is 44.4 Å². The molecule has 2 atom stereocenters. The van der Waals surface area contributed by atoms with Crippen LogP contribution < -0.4 is 19.7 Å². The van der Waals surface area contributed by atoms with Crippen LogP contribution in [0.2, 0.25) is 0 Å². The highest BCUT2D eigenvalue weighted by atomic mass is 32.2. The fourth-order valence-corrected chi connectivity index (χ4v) is 5.71. The summed E-state index contributed by atoms with van der Waals surface area (Å²) in [6, 6.07) is 8.54. The number of esters is 1. The number of thioether (sulfide) groups is 1. The van der Waals surface area contributed by atoms with Gasteiger partial charge in [-0.3, -0.25) is 34.4 Å². The van der Waals surface area contributed by atoms with E-state index in [1.54, 1.807) is 24.3 Å². The molecule has 40 heavy (non-hydrogen) atoms. The van der Waals surface area contributed by atoms with Crippen LogP contribution in [0.4, 0.5) is 11.4 Å². The van der Waals surface area contributed by atoms with E-state index in [1.165, 1.54) is 41.8 Å². The van der Waals surface area contributed by atoms with Crippen molar-refractivity contribution < 1.29 is 28.8 Å². The van der Waals surface area contributed by atoms with Gasteiger partial charge in [-0.1, -0.05) is 56.1 Å². The number of hydrogen-bond acceptors (Lipinski definition) is 10. The van der Waals surface area contributed by atoms with E-state index in [0.29, 0.717) is 16.4 Å². The number of amides is 2. The third-order valence-electron chi connectivity index (χ3n) is 6.54. The van der Waals surface area contributed by atoms with Gasteiger partial charge in [0.2, 0.25) is 11.7 Å². The Morgan fingerprint density at radius 3 is 2.55 bits per heavy atom. The van der Waals surface area contributed by atoms with E-state index >= 15 is 0 Å². The van der Waals surface area contributed by atoms with Gasteiger partial charge in [-0.05, 0) is 18.6 Å². The molecular weight excluding hydrogens is 538 g/mol. The van der Waals surface area contributed by atoms with Crippen molar-refractivity contribution in [2.75, 3.05) is 17.8 Å². The highest BCUT2D eigenvalue weighted by molar-refractivity contribution is 8.13. The molecule has 2 aliphatic heterocycles. The highest BCUT2D eigenvalue weighted by Crippen LogP contribution is 2.50. The number of hydrazone groups is 1. The standard InChI is InChI=1S/C27H31N5O7S/c1-5-6-7-10-13-40-27-28-25(35)23-19-11-8-9-12-21(19)30(16(2)33)26(31(23)29-27)20-14-18(38-4)15-22(32(36)37)24(20)39-17(3)34/h8-9,11-12,14-15,23,26H,5-7,10,13H2,1-4H3,(H,28,29,35)/t23-,26+/m1/s1. The maximum Gasteiger partial charge on any atom is 0.315 e. The topological polar surface area (TPSA) is 144 Å². The van der Waals surface area contributed by atoms with E-state index < -0.39 is 34.7 Å². The van der Waals surface area contributed by atoms with E-state index in [-0.39, 0.29) is 23.0 Å². The first-order valence-corrected chi connectivity index (χ1v) is 13.9. The molecule has 0 unspecified atom stereocenters. The number of nitrogens with zero attached hydrogens (tertiary/aromatic N) is 4. The number of benzene rings is 2. The molecule has 0 aliphatic carbocycles. The number of nitrogens with one attached hydrogen (secondary N) is 1. The number of hydrogen-bond donors (Lipinski definition) is 1. The monoisotopic (exact) mass is 569 g/mol. The van der Waals surface area contributed by atoms with Crippen molar-refractivity contribution in [2.45, 2.75) is 58.7 Å². The lowest BCUT2D eigenvalue weighted by molar-refractivity contribution is -0.385. The first kappa shape index (κ1) is 28.9. The summed E-state index contributed by atoms with van der Waals surface area (Å²) in [5, 5.41) is 21.5. The molecule has 0 aromatic heterocycles. The average Bonchev–Trinajstić information content (AvgIpc) is 2.91. The zero-order valence-corrected chi connectivity index (χ0v) is 23.5. The predicted octanol–water partition coefficient (Wildman–Crippen LogP) is 4.65. The number of anilines is 1. The highest BCUT2D eigenvalue weighted by Gasteiger charge is 2.48. The van der Waals surface area contributed by atoms with Gasteiger partial charge in [-0.15, -0.1) is 5.10 Å². The number of amidine groups is 1. The third kappa shape index (κ3) is 5.74. The summed E-state index contributed by atoms with van der Waals surface area (Å²) in [6.07, 6.45) is 3.00. The fourth-order valence-electron chi connectivity index (χ4n) is 4.84. The van der Waals surface area contributed by atoms with E-state index in [9.17, 15) is 24.5 Å². The van der Waals surface area contributed by atoms with Gasteiger partial charge in [0.05, 0.1) is 29.4 Å². The lowest BCUT2D eigenvalue weighted by Crippen LogP contribution is -2.55. The Hall–Kier alpha value is -4.13. The van der Waals surface area contributed by atoms with Gasteiger partial charge >= 0.3 is 11.7 Å². The molecule has 1 N–H and O–H groups in total. The summed E-state index contributed by atoms with van der Waals surface area (Å²) in [5.74, 6) is -1.10. The molecule has 0 saturated heterocycles. The molecule has 2 aromatic carbocycles. The Balaban J connectivity index is 1.94. The van der Waals surface area contributed by atoms with Gasteiger partial charge in [0.15, 0.2) is 17.4 Å². The van der Waals surface area contributed by atoms with Crippen LogP contribution in [0.3, 0.4) is 0 Å². The lowest BCUT2D eigenvalue weighted by atomic mass is 9.94. The summed E-state index contributed by atoms with van der Waals surface area (Å²) < 4.78 is 10.7. The maximum absolute atomic E-state index is 13.6. The number of nitro groups is 1. The summed E-state index contributed by atoms with van der Waals surface area (Å²) in [7, 11) is 1.34. The van der Waals surface area contributed by atoms with Crippen LogP contribution in [0.25, 0.3) is 0 Å². The Kier molecular flexibility index (Phi) is 8.93. The zero-order chi connectivity index (χ0) is 29.0. The Morgan fingerprint density at radius 2 is 1.90 bits per heavy atom. The van der Waals surface area contributed by atoms with Crippen molar-refractivity contribution in [3.8, 4) is 11.5 Å². The smallest absolute Gasteiger partial charge is 0.315 e. The van der Waals surface area contributed by atoms with Crippen LogP contribution >= 0.6 is 11.8 Å². The third-order valence-corrected chi connectivity index (χ3v) is 7.49. The van der Waals surface area contributed by atoms with E-state index in [4.69, 9.17) is 14.6 Å². The first-order valence-electron chi connectivity index (χ1n) is 12.9. The van der Waals surface area contributed by atoms with Crippen LogP contribution in [-0.4, -0.2) is 45.7 Å². The molecule has 0 saturated carbocycles. The second-order valence-electron chi connectivity index (χ2n) is 9.32. The lowest BCUT2D eigenvalue weighted by Gasteiger charge is -2.48. The number of fused-ring (bicyclic) bond motifs is 3. The maximum atomic E-state index is 13.6. The van der Waals surface area contributed by atoms with Crippen molar-refractivity contribution in [1.82, 2.24) is 10.3 Å². The van der Waals surface area contributed by atoms with Crippen LogP contribution in [0.1, 0.15) is 69.8 Å². The van der Waals surface area contributed by atoms with Crippen molar-refractivity contribution in [1.29, 1.82) is 0 Å². The van der Waals surface area contributed by atoms with Gasteiger partial charge in [0.25, 0.3) is 5.91 Å². The van der Waals surface area contributed by atoms with Gasteiger partial charge in [-0.25, -0.2) is 0 Å². The van der Waals surface area contributed by atoms with Gasteiger partial charge < -0.3 is 14.8 Å². The summed E-state index contributed by atoms with van der Waals surface area (Å²) in [4.78, 5) is 51.7. The number of carbonyl (C=O) groups excluding carboxylic acids is 3. The predicted molar refractivity (Wildman–Crippen MR) is 150 cm³/mol. The number of carbonyl (C=O) groups is 3. The van der Waals surface area contributed by atoms with Gasteiger partial charge in [0, 0.05) is 25.2 Å². The summed E-state index contributed by atoms with van der Waals surface area (Å²) in [6.45, 7) is 4.60. The minimum atomic E-state index is -1.18. The molecule has 12 nitrogen and oxygen atoms in total. The molecule has 0 spiro atoms. The second kappa shape index (κ2) is 12.4. The molecule has 0 bridgehead atoms. The normalized spacial score (nSPS) is 17.8. The number of ether oxygens (including phenoxy) is 2. The quantitative estimate of drug-likeness (QED) is 0.150. The fraction of sp³-hybridized carbons (Fsp3) is 0.407. The van der Waals surface area contributed by atoms with Crippen molar-refractivity contribution >= 4 is 46.1 Å². The molecule has 13 heteroatoms. The number of rotatable bonds is 9. The van der Waals surface area contributed by atoms with Crippen molar-refractivity contribution in [3.05, 3.63) is 57.6 Å². The van der Waals surface area contributed by atoms with Crippen LogP contribution in [0, 0.1) is 10.1 Å². The first-order chi connectivity index (χ1) is 19.2. The molecule has 2 heterocycles. The van der Waals surface area contributed by atoms with Crippen molar-refractivity contribution in [2.24, 2.45) is 5.10 Å². The molecular formula is C27H31N5O7S. The van der Waals surface area contributed by atoms with E-state index in [1.807, 2.05) is 0 Å². The van der Waals surface area contributed by atoms with Crippen LogP contribution in [0.5, 0.6) is 11.5 Å². The SMILES string of the molecule is CCCCCCSC1=NN2[C@@H](C(=O)N1)c1ccccc1N(C(C)=O)[C@@H]2c1cc(OC)cc([N+](=O)[O-])c1OC(C)=O. The zero-order valence-electron chi connectivity index (χ0n) is 22.7.